The molecule has 0 aliphatic carbocycles. The first-order valence-electron chi connectivity index (χ1n) is 7.00. The summed E-state index contributed by atoms with van der Waals surface area (Å²) in [5, 5.41) is 8.48. The van der Waals surface area contributed by atoms with Gasteiger partial charge < -0.3 is 10.3 Å². The van der Waals surface area contributed by atoms with Crippen molar-refractivity contribution in [3.05, 3.63) is 11.6 Å². The van der Waals surface area contributed by atoms with E-state index in [1.54, 1.807) is 0 Å². The number of rotatable bonds is 4. The number of likely N-dealkylation sites (tertiary alicyclic amines) is 1. The summed E-state index contributed by atoms with van der Waals surface area (Å²) in [6.45, 7) is 10.1. The van der Waals surface area contributed by atoms with Crippen LogP contribution in [0.3, 0.4) is 0 Å². The molecule has 110 valence electrons. The SMILES string of the molecule is CCn1c(C)nnc1CN1CCCC(C)C1CN.Cl. The summed E-state index contributed by atoms with van der Waals surface area (Å²) < 4.78 is 2.19. The third-order valence-electron chi connectivity index (χ3n) is 4.15. The van der Waals surface area contributed by atoms with E-state index >= 15 is 0 Å². The molecule has 1 aliphatic heterocycles. The Kier molecular flexibility index (Phi) is 6.23. The van der Waals surface area contributed by atoms with Crippen LogP contribution in [0.1, 0.15) is 38.3 Å². The number of halogens is 1. The van der Waals surface area contributed by atoms with Crippen LogP contribution in [0.25, 0.3) is 0 Å². The highest BCUT2D eigenvalue weighted by atomic mass is 35.5. The first kappa shape index (κ1) is 16.4. The molecule has 0 saturated carbocycles. The van der Waals surface area contributed by atoms with E-state index in [9.17, 15) is 0 Å². The second-order valence-corrected chi connectivity index (χ2v) is 5.30. The van der Waals surface area contributed by atoms with Crippen molar-refractivity contribution in [2.45, 2.75) is 52.7 Å². The maximum atomic E-state index is 5.93. The lowest BCUT2D eigenvalue weighted by atomic mass is 9.91. The molecule has 0 bridgehead atoms. The van der Waals surface area contributed by atoms with Crippen LogP contribution in [-0.4, -0.2) is 38.8 Å². The van der Waals surface area contributed by atoms with Crippen LogP contribution < -0.4 is 5.73 Å². The van der Waals surface area contributed by atoms with Crippen LogP contribution in [0.4, 0.5) is 0 Å². The fraction of sp³-hybridized carbons (Fsp3) is 0.846. The number of aryl methyl sites for hydroxylation is 1. The van der Waals surface area contributed by atoms with Gasteiger partial charge in [-0.1, -0.05) is 6.92 Å². The maximum absolute atomic E-state index is 5.93. The van der Waals surface area contributed by atoms with Gasteiger partial charge in [-0.2, -0.15) is 0 Å². The van der Waals surface area contributed by atoms with Crippen LogP contribution >= 0.6 is 12.4 Å². The van der Waals surface area contributed by atoms with Crippen LogP contribution in [0.2, 0.25) is 0 Å². The minimum absolute atomic E-state index is 0. The third-order valence-corrected chi connectivity index (χ3v) is 4.15. The molecule has 2 rings (SSSR count). The monoisotopic (exact) mass is 287 g/mol. The summed E-state index contributed by atoms with van der Waals surface area (Å²) in [5.41, 5.74) is 5.93. The van der Waals surface area contributed by atoms with Gasteiger partial charge in [0.2, 0.25) is 0 Å². The second-order valence-electron chi connectivity index (χ2n) is 5.30. The Balaban J connectivity index is 0.00000180. The molecule has 2 unspecified atom stereocenters. The number of nitrogens with two attached hydrogens (primary N) is 1. The summed E-state index contributed by atoms with van der Waals surface area (Å²) >= 11 is 0. The lowest BCUT2D eigenvalue weighted by Gasteiger charge is -2.39. The molecule has 1 aromatic rings. The van der Waals surface area contributed by atoms with E-state index in [0.29, 0.717) is 12.0 Å². The highest BCUT2D eigenvalue weighted by molar-refractivity contribution is 5.85. The molecule has 1 aromatic heterocycles. The highest BCUT2D eigenvalue weighted by Gasteiger charge is 2.28. The van der Waals surface area contributed by atoms with Gasteiger partial charge in [0.05, 0.1) is 6.54 Å². The maximum Gasteiger partial charge on any atom is 0.147 e. The average molecular weight is 288 g/mol. The van der Waals surface area contributed by atoms with E-state index < -0.39 is 0 Å². The van der Waals surface area contributed by atoms with Gasteiger partial charge in [0.25, 0.3) is 0 Å². The van der Waals surface area contributed by atoms with Crippen molar-refractivity contribution in [2.75, 3.05) is 13.1 Å². The topological polar surface area (TPSA) is 60.0 Å². The predicted octanol–water partition coefficient (Wildman–Crippen LogP) is 1.59. The lowest BCUT2D eigenvalue weighted by molar-refractivity contribution is 0.0950. The quantitative estimate of drug-likeness (QED) is 0.914. The van der Waals surface area contributed by atoms with E-state index in [1.807, 2.05) is 6.92 Å². The number of piperidine rings is 1. The van der Waals surface area contributed by atoms with E-state index in [2.05, 4.69) is 33.5 Å². The van der Waals surface area contributed by atoms with Gasteiger partial charge in [0, 0.05) is 19.1 Å². The second kappa shape index (κ2) is 7.22. The molecular formula is C13H26ClN5. The van der Waals surface area contributed by atoms with Gasteiger partial charge in [-0.25, -0.2) is 0 Å². The fourth-order valence-electron chi connectivity index (χ4n) is 3.05. The molecule has 19 heavy (non-hydrogen) atoms. The number of hydrogen-bond acceptors (Lipinski definition) is 4. The zero-order valence-corrected chi connectivity index (χ0v) is 13.0. The molecule has 0 aromatic carbocycles. The first-order chi connectivity index (χ1) is 8.67. The molecule has 6 heteroatoms. The molecule has 1 aliphatic rings. The lowest BCUT2D eigenvalue weighted by Crippen LogP contribution is -2.48. The third kappa shape index (κ3) is 3.46. The van der Waals surface area contributed by atoms with Crippen molar-refractivity contribution >= 4 is 12.4 Å². The van der Waals surface area contributed by atoms with Crippen molar-refractivity contribution in [3.8, 4) is 0 Å². The average Bonchev–Trinajstić information content (AvgIpc) is 2.70. The summed E-state index contributed by atoms with van der Waals surface area (Å²) in [7, 11) is 0. The van der Waals surface area contributed by atoms with Crippen LogP contribution in [0, 0.1) is 12.8 Å². The summed E-state index contributed by atoms with van der Waals surface area (Å²) in [5.74, 6) is 2.76. The minimum atomic E-state index is 0. The summed E-state index contributed by atoms with van der Waals surface area (Å²) in [6.07, 6.45) is 2.55. The Bertz CT molecular complexity index is 392. The van der Waals surface area contributed by atoms with Gasteiger partial charge >= 0.3 is 0 Å². The molecule has 0 spiro atoms. The van der Waals surface area contributed by atoms with Gasteiger partial charge in [0.1, 0.15) is 11.6 Å². The van der Waals surface area contributed by atoms with E-state index in [4.69, 9.17) is 5.73 Å². The summed E-state index contributed by atoms with van der Waals surface area (Å²) in [6, 6.07) is 0.487. The van der Waals surface area contributed by atoms with Crippen LogP contribution in [0.5, 0.6) is 0 Å². The Hall–Kier alpha value is -0.650. The molecule has 2 atom stereocenters. The number of hydrogen-bond donors (Lipinski definition) is 1. The highest BCUT2D eigenvalue weighted by Crippen LogP contribution is 2.24. The van der Waals surface area contributed by atoms with Crippen molar-refractivity contribution in [3.63, 3.8) is 0 Å². The van der Waals surface area contributed by atoms with Crippen molar-refractivity contribution in [1.82, 2.24) is 19.7 Å². The molecule has 1 saturated heterocycles. The first-order valence-corrected chi connectivity index (χ1v) is 7.00. The Morgan fingerprint density at radius 1 is 1.37 bits per heavy atom. The molecule has 1 fully saturated rings. The summed E-state index contributed by atoms with van der Waals surface area (Å²) in [4.78, 5) is 2.48. The Labute approximate surface area is 122 Å². The standard InChI is InChI=1S/C13H25N5.ClH/c1-4-18-11(3)15-16-13(18)9-17-7-5-6-10(2)12(17)8-14;/h10,12H,4-9,14H2,1-3H3;1H. The fourth-order valence-corrected chi connectivity index (χ4v) is 3.05. The van der Waals surface area contributed by atoms with Gasteiger partial charge in [0.15, 0.2) is 0 Å². The van der Waals surface area contributed by atoms with Gasteiger partial charge in [-0.15, -0.1) is 22.6 Å². The van der Waals surface area contributed by atoms with E-state index in [0.717, 1.165) is 37.8 Å². The molecular weight excluding hydrogens is 262 g/mol. The minimum Gasteiger partial charge on any atom is -0.329 e. The smallest absolute Gasteiger partial charge is 0.147 e. The molecule has 5 nitrogen and oxygen atoms in total. The van der Waals surface area contributed by atoms with Crippen LogP contribution in [-0.2, 0) is 13.1 Å². The molecule has 0 amide bonds. The van der Waals surface area contributed by atoms with E-state index in [1.165, 1.54) is 12.8 Å². The molecule has 0 radical (unpaired) electrons. The Morgan fingerprint density at radius 2 is 2.11 bits per heavy atom. The largest absolute Gasteiger partial charge is 0.329 e. The number of aromatic nitrogens is 3. The van der Waals surface area contributed by atoms with E-state index in [-0.39, 0.29) is 12.4 Å². The normalized spacial score (nSPS) is 24.2. The van der Waals surface area contributed by atoms with Crippen LogP contribution in [0.15, 0.2) is 0 Å². The number of nitrogens with zero attached hydrogens (tertiary/aromatic N) is 4. The van der Waals surface area contributed by atoms with Gasteiger partial charge in [-0.05, 0) is 39.2 Å². The van der Waals surface area contributed by atoms with Crippen molar-refractivity contribution < 1.29 is 0 Å². The van der Waals surface area contributed by atoms with Crippen molar-refractivity contribution in [2.24, 2.45) is 11.7 Å². The predicted molar refractivity (Wildman–Crippen MR) is 79.3 cm³/mol. The zero-order valence-electron chi connectivity index (χ0n) is 12.2. The Morgan fingerprint density at radius 3 is 2.74 bits per heavy atom. The molecule has 2 N–H and O–H groups in total. The van der Waals surface area contributed by atoms with Crippen molar-refractivity contribution in [1.29, 1.82) is 0 Å². The molecule has 2 heterocycles. The van der Waals surface area contributed by atoms with Gasteiger partial charge in [-0.3, -0.25) is 4.90 Å². The zero-order chi connectivity index (χ0) is 13.1.